The van der Waals surface area contributed by atoms with E-state index in [1.54, 1.807) is 6.07 Å². The molecular weight excluding hydrogens is 504 g/mol. The van der Waals surface area contributed by atoms with Crippen molar-refractivity contribution in [2.45, 2.75) is 57.3 Å². The van der Waals surface area contributed by atoms with Crippen molar-refractivity contribution in [2.75, 3.05) is 26.2 Å². The number of nitrogens with zero attached hydrogens (tertiary/aromatic N) is 1. The van der Waals surface area contributed by atoms with Crippen molar-refractivity contribution in [3.8, 4) is 0 Å². The van der Waals surface area contributed by atoms with Crippen LogP contribution in [0, 0.1) is 17.8 Å². The smallest absolute Gasteiger partial charge is 0.264 e. The van der Waals surface area contributed by atoms with Gasteiger partial charge in [-0.1, -0.05) is 55.3 Å². The van der Waals surface area contributed by atoms with Crippen LogP contribution < -0.4 is 16.0 Å². The van der Waals surface area contributed by atoms with E-state index in [0.717, 1.165) is 63.6 Å². The van der Waals surface area contributed by atoms with Gasteiger partial charge in [0.1, 0.15) is 5.52 Å². The quantitative estimate of drug-likeness (QED) is 0.304. The fourth-order valence-corrected chi connectivity index (χ4v) is 6.16. The Morgan fingerprint density at radius 3 is 2.40 bits per heavy atom. The normalized spacial score (nSPS) is 20.6. The third-order valence-electron chi connectivity index (χ3n) is 8.47. The van der Waals surface area contributed by atoms with Crippen molar-refractivity contribution >= 4 is 28.7 Å². The minimum Gasteiger partial charge on any atom is -0.434 e. The molecule has 2 fully saturated rings. The molecule has 40 heavy (non-hydrogen) atoms. The zero-order valence-electron chi connectivity index (χ0n) is 23.1. The van der Waals surface area contributed by atoms with Gasteiger partial charge in [0.15, 0.2) is 5.58 Å². The van der Waals surface area contributed by atoms with Crippen molar-refractivity contribution in [3.63, 3.8) is 0 Å². The van der Waals surface area contributed by atoms with Crippen molar-refractivity contribution in [3.05, 3.63) is 66.1 Å². The van der Waals surface area contributed by atoms with Crippen LogP contribution in [0.5, 0.6) is 0 Å². The van der Waals surface area contributed by atoms with Crippen LogP contribution in [-0.4, -0.2) is 48.8 Å². The van der Waals surface area contributed by atoms with Crippen LogP contribution in [0.15, 0.2) is 59.0 Å². The summed E-state index contributed by atoms with van der Waals surface area (Å²) in [5, 5.41) is 9.53. The lowest BCUT2D eigenvalue weighted by Crippen LogP contribution is -2.39. The van der Waals surface area contributed by atoms with E-state index in [-0.39, 0.29) is 35.3 Å². The molecule has 1 aromatic heterocycles. The maximum atomic E-state index is 13.5. The monoisotopic (exact) mass is 544 g/mol. The highest BCUT2D eigenvalue weighted by Crippen LogP contribution is 2.31. The maximum absolute atomic E-state index is 13.5. The number of piperidine rings is 1. The minimum atomic E-state index is -0.461. The molecular formula is C32H40N4O4. The SMILES string of the molecule is O=C(NCCC1CCCC(C(=O)NCCC(C(=O)c2nc3ccccc3o2)c2ccccc2)C1)C1CCNCC1. The molecule has 0 spiro atoms. The van der Waals surface area contributed by atoms with Gasteiger partial charge in [0, 0.05) is 24.9 Å². The molecule has 1 saturated heterocycles. The fourth-order valence-electron chi connectivity index (χ4n) is 6.16. The first-order valence-electron chi connectivity index (χ1n) is 14.8. The van der Waals surface area contributed by atoms with E-state index in [0.29, 0.717) is 36.5 Å². The molecule has 0 radical (unpaired) electrons. The topological polar surface area (TPSA) is 113 Å². The van der Waals surface area contributed by atoms with Gasteiger partial charge in [-0.05, 0) is 75.2 Å². The highest BCUT2D eigenvalue weighted by Gasteiger charge is 2.29. The molecule has 2 amide bonds. The molecule has 3 aromatic rings. The Balaban J connectivity index is 1.12. The first kappa shape index (κ1) is 28.0. The molecule has 8 nitrogen and oxygen atoms in total. The van der Waals surface area contributed by atoms with Crippen LogP contribution >= 0.6 is 0 Å². The summed E-state index contributed by atoms with van der Waals surface area (Å²) in [5.74, 6) is 0.233. The molecule has 5 rings (SSSR count). The molecule has 2 aromatic carbocycles. The first-order chi connectivity index (χ1) is 19.6. The van der Waals surface area contributed by atoms with Crippen LogP contribution in [-0.2, 0) is 9.59 Å². The number of oxazole rings is 1. The van der Waals surface area contributed by atoms with Gasteiger partial charge >= 0.3 is 0 Å². The van der Waals surface area contributed by atoms with Gasteiger partial charge in [0.2, 0.25) is 17.6 Å². The highest BCUT2D eigenvalue weighted by molar-refractivity contribution is 5.99. The van der Waals surface area contributed by atoms with E-state index in [1.165, 1.54) is 0 Å². The first-order valence-corrected chi connectivity index (χ1v) is 14.8. The average Bonchev–Trinajstić information content (AvgIpc) is 3.44. The summed E-state index contributed by atoms with van der Waals surface area (Å²) in [4.78, 5) is 43.4. The van der Waals surface area contributed by atoms with Crippen LogP contribution in [0.1, 0.15) is 73.5 Å². The Morgan fingerprint density at radius 1 is 0.875 bits per heavy atom. The van der Waals surface area contributed by atoms with E-state index in [9.17, 15) is 14.4 Å². The number of hydrogen-bond donors (Lipinski definition) is 3. The van der Waals surface area contributed by atoms with Crippen molar-refractivity contribution in [1.29, 1.82) is 0 Å². The number of amides is 2. The predicted octanol–water partition coefficient (Wildman–Crippen LogP) is 4.61. The van der Waals surface area contributed by atoms with Crippen molar-refractivity contribution in [2.24, 2.45) is 17.8 Å². The van der Waals surface area contributed by atoms with Gasteiger partial charge in [-0.3, -0.25) is 14.4 Å². The molecule has 1 aliphatic heterocycles. The van der Waals surface area contributed by atoms with Gasteiger partial charge in [-0.2, -0.15) is 0 Å². The average molecular weight is 545 g/mol. The summed E-state index contributed by atoms with van der Waals surface area (Å²) in [5.41, 5.74) is 2.13. The Kier molecular flexibility index (Phi) is 9.60. The number of carbonyl (C=O) groups excluding carboxylic acids is 3. The second-order valence-electron chi connectivity index (χ2n) is 11.2. The van der Waals surface area contributed by atoms with Gasteiger partial charge < -0.3 is 20.4 Å². The lowest BCUT2D eigenvalue weighted by Gasteiger charge is -2.29. The summed E-state index contributed by atoms with van der Waals surface area (Å²) in [6.07, 6.45) is 7.04. The van der Waals surface area contributed by atoms with E-state index in [4.69, 9.17) is 4.42 Å². The number of Topliss-reactive ketones (excluding diaryl/α,β-unsaturated/α-hetero) is 1. The number of ketones is 1. The number of rotatable bonds is 11. The third kappa shape index (κ3) is 7.16. The number of para-hydroxylation sites is 2. The molecule has 2 heterocycles. The molecule has 1 aliphatic carbocycles. The van der Waals surface area contributed by atoms with Gasteiger partial charge in [0.25, 0.3) is 5.89 Å². The number of aromatic nitrogens is 1. The van der Waals surface area contributed by atoms with Crippen LogP contribution in [0.4, 0.5) is 0 Å². The molecule has 1 saturated carbocycles. The molecule has 0 bridgehead atoms. The molecule has 3 unspecified atom stereocenters. The zero-order chi connectivity index (χ0) is 27.7. The Morgan fingerprint density at radius 2 is 1.60 bits per heavy atom. The van der Waals surface area contributed by atoms with E-state index < -0.39 is 5.92 Å². The Labute approximate surface area is 235 Å². The second kappa shape index (κ2) is 13.7. The summed E-state index contributed by atoms with van der Waals surface area (Å²) in [7, 11) is 0. The standard InChI is InChI=1S/C32H40N4O4/c37-29(32-36-27-11-4-5-12-28(27)40-32)26(23-8-2-1-3-9-23)16-20-35-31(39)25-10-6-7-22(21-25)13-19-34-30(38)24-14-17-33-18-15-24/h1-5,8-9,11-12,22,24-26,33H,6-7,10,13-21H2,(H,34,38)(H,35,39). The van der Waals surface area contributed by atoms with E-state index in [1.807, 2.05) is 48.5 Å². The predicted molar refractivity (Wildman–Crippen MR) is 154 cm³/mol. The second-order valence-corrected chi connectivity index (χ2v) is 11.2. The van der Waals surface area contributed by atoms with Crippen LogP contribution in [0.2, 0.25) is 0 Å². The maximum Gasteiger partial charge on any atom is 0.264 e. The number of benzene rings is 2. The summed E-state index contributed by atoms with van der Waals surface area (Å²) < 4.78 is 5.77. The molecule has 3 atom stereocenters. The van der Waals surface area contributed by atoms with Gasteiger partial charge in [-0.25, -0.2) is 4.98 Å². The summed E-state index contributed by atoms with van der Waals surface area (Å²) in [6.45, 7) is 2.90. The van der Waals surface area contributed by atoms with E-state index in [2.05, 4.69) is 20.9 Å². The largest absolute Gasteiger partial charge is 0.434 e. The number of fused-ring (bicyclic) bond motifs is 1. The number of hydrogen-bond acceptors (Lipinski definition) is 6. The van der Waals surface area contributed by atoms with Gasteiger partial charge in [0.05, 0.1) is 5.92 Å². The Bertz CT molecular complexity index is 1250. The lowest BCUT2D eigenvalue weighted by molar-refractivity contribution is -0.127. The molecule has 3 N–H and O–H groups in total. The van der Waals surface area contributed by atoms with Crippen molar-refractivity contribution < 1.29 is 18.8 Å². The van der Waals surface area contributed by atoms with Crippen LogP contribution in [0.3, 0.4) is 0 Å². The summed E-state index contributed by atoms with van der Waals surface area (Å²) in [6, 6.07) is 17.0. The lowest BCUT2D eigenvalue weighted by atomic mass is 9.79. The number of nitrogens with one attached hydrogen (secondary N) is 3. The molecule has 8 heteroatoms. The third-order valence-corrected chi connectivity index (χ3v) is 8.47. The van der Waals surface area contributed by atoms with Crippen LogP contribution in [0.25, 0.3) is 11.1 Å². The molecule has 212 valence electrons. The Hall–Kier alpha value is -3.52. The minimum absolute atomic E-state index is 0.0261. The fraction of sp³-hybridized carbons (Fsp3) is 0.500. The molecule has 2 aliphatic rings. The summed E-state index contributed by atoms with van der Waals surface area (Å²) >= 11 is 0. The highest BCUT2D eigenvalue weighted by atomic mass is 16.4. The van der Waals surface area contributed by atoms with E-state index >= 15 is 0 Å². The van der Waals surface area contributed by atoms with Gasteiger partial charge in [-0.15, -0.1) is 0 Å². The number of carbonyl (C=O) groups is 3. The van der Waals surface area contributed by atoms with Crippen molar-refractivity contribution in [1.82, 2.24) is 20.9 Å². The zero-order valence-corrected chi connectivity index (χ0v) is 23.1.